The van der Waals surface area contributed by atoms with Gasteiger partial charge in [-0.2, -0.15) is 0 Å². The third kappa shape index (κ3) is 3.85. The number of nitrogens with zero attached hydrogens (tertiary/aromatic N) is 2. The van der Waals surface area contributed by atoms with Crippen LogP contribution in [0.3, 0.4) is 0 Å². The van der Waals surface area contributed by atoms with Crippen LogP contribution in [0.4, 0.5) is 10.5 Å². The summed E-state index contributed by atoms with van der Waals surface area (Å²) in [6.07, 6.45) is 1.54. The summed E-state index contributed by atoms with van der Waals surface area (Å²) in [4.78, 5) is 39.3. The van der Waals surface area contributed by atoms with Crippen molar-refractivity contribution in [2.75, 3.05) is 4.90 Å². The normalized spacial score (nSPS) is 15.5. The summed E-state index contributed by atoms with van der Waals surface area (Å²) in [6.45, 7) is 7.62. The molecule has 3 aromatic rings. The number of carbonyl (C=O) groups excluding carboxylic acids is 3. The molecule has 0 atom stereocenters. The molecular formula is C25H22ClN3O3. The van der Waals surface area contributed by atoms with Crippen molar-refractivity contribution in [3.05, 3.63) is 87.2 Å². The van der Waals surface area contributed by atoms with Gasteiger partial charge in [-0.1, -0.05) is 17.7 Å². The molecule has 1 aromatic heterocycles. The molecule has 1 saturated heterocycles. The maximum atomic E-state index is 13.2. The molecule has 1 aliphatic heterocycles. The predicted molar refractivity (Wildman–Crippen MR) is 125 cm³/mol. The van der Waals surface area contributed by atoms with E-state index in [-0.39, 0.29) is 5.57 Å². The van der Waals surface area contributed by atoms with Gasteiger partial charge >= 0.3 is 6.03 Å². The second-order valence-corrected chi connectivity index (χ2v) is 8.38. The molecule has 4 amide bonds. The number of hydrogen-bond acceptors (Lipinski definition) is 3. The predicted octanol–water partition coefficient (Wildman–Crippen LogP) is 5.03. The molecule has 6 nitrogen and oxygen atoms in total. The lowest BCUT2D eigenvalue weighted by Crippen LogP contribution is -2.54. The van der Waals surface area contributed by atoms with E-state index in [2.05, 4.69) is 5.32 Å². The van der Waals surface area contributed by atoms with Crippen LogP contribution in [0.2, 0.25) is 5.02 Å². The minimum atomic E-state index is -0.756. The Bertz CT molecular complexity index is 1280. The number of anilines is 1. The topological polar surface area (TPSA) is 71.4 Å². The van der Waals surface area contributed by atoms with Gasteiger partial charge in [0.2, 0.25) is 0 Å². The van der Waals surface area contributed by atoms with Gasteiger partial charge in [0.25, 0.3) is 11.8 Å². The molecule has 1 N–H and O–H groups in total. The molecule has 0 saturated carbocycles. The molecule has 7 heteroatoms. The number of benzene rings is 2. The van der Waals surface area contributed by atoms with E-state index >= 15 is 0 Å². The van der Waals surface area contributed by atoms with E-state index in [1.807, 2.05) is 56.5 Å². The first kappa shape index (κ1) is 21.6. The second kappa shape index (κ2) is 8.13. The van der Waals surface area contributed by atoms with Crippen LogP contribution >= 0.6 is 11.6 Å². The Morgan fingerprint density at radius 2 is 1.47 bits per heavy atom. The lowest BCUT2D eigenvalue weighted by Gasteiger charge is -2.27. The molecule has 0 unspecified atom stereocenters. The first-order chi connectivity index (χ1) is 15.2. The highest BCUT2D eigenvalue weighted by atomic mass is 35.5. The summed E-state index contributed by atoms with van der Waals surface area (Å²) in [5.74, 6) is -1.36. The Balaban J connectivity index is 1.77. The maximum absolute atomic E-state index is 13.2. The van der Waals surface area contributed by atoms with Gasteiger partial charge in [-0.25, -0.2) is 9.69 Å². The van der Waals surface area contributed by atoms with Gasteiger partial charge in [-0.05, 0) is 92.9 Å². The van der Waals surface area contributed by atoms with Crippen LogP contribution in [-0.2, 0) is 9.59 Å². The molecule has 0 aliphatic carbocycles. The molecule has 2 heterocycles. The quantitative estimate of drug-likeness (QED) is 0.452. The number of barbiturate groups is 1. The van der Waals surface area contributed by atoms with Gasteiger partial charge in [-0.15, -0.1) is 0 Å². The number of halogens is 1. The third-order valence-electron chi connectivity index (χ3n) is 5.42. The molecule has 4 rings (SSSR count). The zero-order chi connectivity index (χ0) is 23.2. The van der Waals surface area contributed by atoms with E-state index in [0.717, 1.165) is 33.1 Å². The van der Waals surface area contributed by atoms with Gasteiger partial charge < -0.3 is 4.57 Å². The van der Waals surface area contributed by atoms with Crippen molar-refractivity contribution in [1.82, 2.24) is 9.88 Å². The Kier molecular flexibility index (Phi) is 5.48. The van der Waals surface area contributed by atoms with Gasteiger partial charge in [0, 0.05) is 22.1 Å². The van der Waals surface area contributed by atoms with Crippen molar-refractivity contribution in [2.45, 2.75) is 27.7 Å². The maximum Gasteiger partial charge on any atom is 0.335 e. The van der Waals surface area contributed by atoms with Crippen LogP contribution in [0, 0.1) is 27.7 Å². The zero-order valence-electron chi connectivity index (χ0n) is 18.2. The van der Waals surface area contributed by atoms with Crippen LogP contribution in [0.1, 0.15) is 28.1 Å². The van der Waals surface area contributed by atoms with Gasteiger partial charge in [0.05, 0.1) is 5.69 Å². The molecule has 0 spiro atoms. The number of rotatable bonds is 3. The van der Waals surface area contributed by atoms with Gasteiger partial charge in [-0.3, -0.25) is 14.9 Å². The fourth-order valence-electron chi connectivity index (χ4n) is 4.05. The SMILES string of the molecule is Cc1cc(C)cc(N2C(=O)NC(=O)/C(=C/c3cc(C)n(-c4ccc(Cl)cc4)c3C)C2=O)c1. The van der Waals surface area contributed by atoms with Crippen molar-refractivity contribution < 1.29 is 14.4 Å². The van der Waals surface area contributed by atoms with E-state index in [0.29, 0.717) is 16.3 Å². The Labute approximate surface area is 191 Å². The molecule has 0 radical (unpaired) electrons. The standard InChI is InChI=1S/C25H22ClN3O3/c1-14-9-15(2)11-21(10-14)29-24(31)22(23(30)27-25(29)32)13-18-12-16(3)28(17(18)4)20-7-5-19(26)6-8-20/h5-13H,1-4H3,(H,27,30,32)/b22-13-. The molecular weight excluding hydrogens is 426 g/mol. The largest absolute Gasteiger partial charge is 0.335 e. The highest BCUT2D eigenvalue weighted by Crippen LogP contribution is 2.27. The fraction of sp³-hybridized carbons (Fsp3) is 0.160. The number of amides is 4. The average molecular weight is 448 g/mol. The lowest BCUT2D eigenvalue weighted by atomic mass is 10.1. The van der Waals surface area contributed by atoms with Crippen molar-refractivity contribution in [3.8, 4) is 5.69 Å². The first-order valence-corrected chi connectivity index (χ1v) is 10.5. The molecule has 32 heavy (non-hydrogen) atoms. The summed E-state index contributed by atoms with van der Waals surface area (Å²) in [5, 5.41) is 2.92. The number of urea groups is 1. The van der Waals surface area contributed by atoms with Crippen LogP contribution in [-0.4, -0.2) is 22.4 Å². The molecule has 1 fully saturated rings. The number of carbonyl (C=O) groups is 3. The van der Waals surface area contributed by atoms with Crippen molar-refractivity contribution in [2.24, 2.45) is 0 Å². The minimum Gasteiger partial charge on any atom is -0.318 e. The average Bonchev–Trinajstić information content (AvgIpc) is 2.98. The number of hydrogen-bond donors (Lipinski definition) is 1. The summed E-state index contributed by atoms with van der Waals surface area (Å²) in [6, 6.07) is 14.0. The number of nitrogens with one attached hydrogen (secondary N) is 1. The van der Waals surface area contributed by atoms with Crippen molar-refractivity contribution >= 4 is 41.2 Å². The Morgan fingerprint density at radius 3 is 2.09 bits per heavy atom. The van der Waals surface area contributed by atoms with Crippen LogP contribution in [0.15, 0.2) is 54.1 Å². The highest BCUT2D eigenvalue weighted by Gasteiger charge is 2.37. The number of imide groups is 2. The Hall–Kier alpha value is -3.64. The summed E-state index contributed by atoms with van der Waals surface area (Å²) >= 11 is 6.01. The lowest BCUT2D eigenvalue weighted by molar-refractivity contribution is -0.122. The van der Waals surface area contributed by atoms with E-state index in [4.69, 9.17) is 11.6 Å². The molecule has 2 aromatic carbocycles. The minimum absolute atomic E-state index is 0.0971. The Morgan fingerprint density at radius 1 is 0.844 bits per heavy atom. The van der Waals surface area contributed by atoms with Gasteiger partial charge in [0.1, 0.15) is 5.57 Å². The molecule has 0 bridgehead atoms. The fourth-order valence-corrected chi connectivity index (χ4v) is 4.17. The summed E-state index contributed by atoms with van der Waals surface area (Å²) < 4.78 is 2.01. The van der Waals surface area contributed by atoms with E-state index in [1.165, 1.54) is 6.08 Å². The van der Waals surface area contributed by atoms with Gasteiger partial charge in [0.15, 0.2) is 0 Å². The number of aryl methyl sites for hydroxylation is 3. The second-order valence-electron chi connectivity index (χ2n) is 7.94. The molecule has 162 valence electrons. The van der Waals surface area contributed by atoms with E-state index < -0.39 is 17.8 Å². The van der Waals surface area contributed by atoms with E-state index in [1.54, 1.807) is 24.3 Å². The first-order valence-electron chi connectivity index (χ1n) is 10.1. The summed E-state index contributed by atoms with van der Waals surface area (Å²) in [5.41, 5.74) is 5.57. The monoisotopic (exact) mass is 447 g/mol. The van der Waals surface area contributed by atoms with Crippen LogP contribution < -0.4 is 10.2 Å². The van der Waals surface area contributed by atoms with Crippen LogP contribution in [0.25, 0.3) is 11.8 Å². The zero-order valence-corrected chi connectivity index (χ0v) is 18.9. The van der Waals surface area contributed by atoms with Crippen LogP contribution in [0.5, 0.6) is 0 Å². The smallest absolute Gasteiger partial charge is 0.318 e. The third-order valence-corrected chi connectivity index (χ3v) is 5.67. The summed E-state index contributed by atoms with van der Waals surface area (Å²) in [7, 11) is 0. The highest BCUT2D eigenvalue weighted by molar-refractivity contribution is 6.39. The van der Waals surface area contributed by atoms with Crippen molar-refractivity contribution in [3.63, 3.8) is 0 Å². The van der Waals surface area contributed by atoms with E-state index in [9.17, 15) is 14.4 Å². The molecule has 1 aliphatic rings. The number of aromatic nitrogens is 1. The van der Waals surface area contributed by atoms with Crippen molar-refractivity contribution in [1.29, 1.82) is 0 Å².